The van der Waals surface area contributed by atoms with Crippen molar-refractivity contribution < 1.29 is 9.59 Å². The molecule has 0 bridgehead atoms. The smallest absolute Gasteiger partial charge is 0.166 e. The van der Waals surface area contributed by atoms with Gasteiger partial charge in [-0.15, -0.1) is 0 Å². The van der Waals surface area contributed by atoms with Crippen molar-refractivity contribution in [3.8, 4) is 0 Å². The molecule has 2 heteroatoms. The van der Waals surface area contributed by atoms with Crippen LogP contribution in [0, 0.1) is 5.41 Å². The number of hydrogen-bond donors (Lipinski definition) is 0. The van der Waals surface area contributed by atoms with Crippen LogP contribution >= 0.6 is 0 Å². The van der Waals surface area contributed by atoms with Gasteiger partial charge in [-0.25, -0.2) is 0 Å². The van der Waals surface area contributed by atoms with Crippen molar-refractivity contribution in [2.75, 3.05) is 0 Å². The molecule has 0 aromatic carbocycles. The number of carbonyl (C=O) groups is 2. The third-order valence-electron chi connectivity index (χ3n) is 2.34. The molecule has 0 heterocycles. The predicted molar refractivity (Wildman–Crippen MR) is 51.4 cm³/mol. The Bertz CT molecular complexity index is 269. The zero-order valence-electron chi connectivity index (χ0n) is 8.73. The van der Waals surface area contributed by atoms with Crippen molar-refractivity contribution in [3.63, 3.8) is 0 Å². The van der Waals surface area contributed by atoms with Gasteiger partial charge in [0.05, 0.1) is 5.57 Å². The number of Topliss-reactive ketones (excluding diaryl/α,β-unsaturated/α-hetero) is 2. The SMILES string of the molecule is CC(C)=C1C(=O)CC(C)(C)CC1=O. The van der Waals surface area contributed by atoms with Gasteiger partial charge in [0.25, 0.3) is 0 Å². The zero-order valence-corrected chi connectivity index (χ0v) is 8.73. The summed E-state index contributed by atoms with van der Waals surface area (Å²) in [5.41, 5.74) is 1.15. The fourth-order valence-electron chi connectivity index (χ4n) is 1.82. The summed E-state index contributed by atoms with van der Waals surface area (Å²) >= 11 is 0. The van der Waals surface area contributed by atoms with Gasteiger partial charge in [0, 0.05) is 12.8 Å². The monoisotopic (exact) mass is 180 g/mol. The van der Waals surface area contributed by atoms with E-state index in [2.05, 4.69) is 0 Å². The third-order valence-corrected chi connectivity index (χ3v) is 2.34. The minimum absolute atomic E-state index is 0.0150. The van der Waals surface area contributed by atoms with Gasteiger partial charge in [0.2, 0.25) is 0 Å². The summed E-state index contributed by atoms with van der Waals surface area (Å²) in [6, 6.07) is 0. The van der Waals surface area contributed by atoms with Crippen LogP contribution in [0.15, 0.2) is 11.1 Å². The van der Waals surface area contributed by atoms with Crippen LogP contribution in [0.5, 0.6) is 0 Å². The summed E-state index contributed by atoms with van der Waals surface area (Å²) in [7, 11) is 0. The lowest BCUT2D eigenvalue weighted by Crippen LogP contribution is -2.31. The molecule has 0 N–H and O–H groups in total. The molecule has 0 amide bonds. The Kier molecular flexibility index (Phi) is 2.42. The second kappa shape index (κ2) is 3.09. The molecule has 1 saturated carbocycles. The highest BCUT2D eigenvalue weighted by Crippen LogP contribution is 2.34. The van der Waals surface area contributed by atoms with Gasteiger partial charge in [-0.05, 0) is 19.3 Å². The van der Waals surface area contributed by atoms with Gasteiger partial charge >= 0.3 is 0 Å². The summed E-state index contributed by atoms with van der Waals surface area (Å²) in [5.74, 6) is 0.0301. The molecule has 0 atom stereocenters. The summed E-state index contributed by atoms with van der Waals surface area (Å²) in [6.45, 7) is 7.57. The van der Waals surface area contributed by atoms with Gasteiger partial charge < -0.3 is 0 Å². The highest BCUT2D eigenvalue weighted by molar-refractivity contribution is 6.22. The fourth-order valence-corrected chi connectivity index (χ4v) is 1.82. The molecule has 1 aliphatic rings. The van der Waals surface area contributed by atoms with Crippen LogP contribution in [0.4, 0.5) is 0 Å². The van der Waals surface area contributed by atoms with E-state index in [1.165, 1.54) is 0 Å². The number of carbonyl (C=O) groups excluding carboxylic acids is 2. The normalized spacial score (nSPS) is 22.0. The predicted octanol–water partition coefficient (Wildman–Crippen LogP) is 2.28. The Morgan fingerprint density at radius 3 is 1.77 bits per heavy atom. The molecule has 0 spiro atoms. The van der Waals surface area contributed by atoms with Crippen molar-refractivity contribution in [2.45, 2.75) is 40.5 Å². The lowest BCUT2D eigenvalue weighted by Gasteiger charge is -2.29. The second-order valence-corrected chi connectivity index (χ2v) is 4.74. The maximum absolute atomic E-state index is 11.6. The van der Waals surface area contributed by atoms with Crippen molar-refractivity contribution in [2.24, 2.45) is 5.41 Å². The van der Waals surface area contributed by atoms with E-state index in [-0.39, 0.29) is 17.0 Å². The van der Waals surface area contributed by atoms with Crippen LogP contribution in [0.3, 0.4) is 0 Å². The maximum Gasteiger partial charge on any atom is 0.166 e. The van der Waals surface area contributed by atoms with Gasteiger partial charge in [-0.2, -0.15) is 0 Å². The first-order valence-corrected chi connectivity index (χ1v) is 4.57. The fraction of sp³-hybridized carbons (Fsp3) is 0.636. The lowest BCUT2D eigenvalue weighted by atomic mass is 9.73. The topological polar surface area (TPSA) is 34.1 Å². The van der Waals surface area contributed by atoms with E-state index in [9.17, 15) is 9.59 Å². The molecule has 2 nitrogen and oxygen atoms in total. The van der Waals surface area contributed by atoms with Gasteiger partial charge in [0.1, 0.15) is 0 Å². The van der Waals surface area contributed by atoms with Crippen LogP contribution in [-0.2, 0) is 9.59 Å². The van der Waals surface area contributed by atoms with Gasteiger partial charge in [0.15, 0.2) is 11.6 Å². The summed E-state index contributed by atoms with van der Waals surface area (Å²) in [4.78, 5) is 23.2. The summed E-state index contributed by atoms with van der Waals surface area (Å²) in [5, 5.41) is 0. The lowest BCUT2D eigenvalue weighted by molar-refractivity contribution is -0.127. The number of allylic oxidation sites excluding steroid dienone is 2. The molecule has 0 aliphatic heterocycles. The van der Waals surface area contributed by atoms with E-state index in [4.69, 9.17) is 0 Å². The highest BCUT2D eigenvalue weighted by Gasteiger charge is 2.35. The Hall–Kier alpha value is -0.920. The molecule has 1 fully saturated rings. The highest BCUT2D eigenvalue weighted by atomic mass is 16.1. The molecule has 0 radical (unpaired) electrons. The maximum atomic E-state index is 11.6. The standard InChI is InChI=1S/C11H16O2/c1-7(2)10-8(12)5-11(3,4)6-9(10)13/h5-6H2,1-4H3. The van der Waals surface area contributed by atoms with E-state index in [1.807, 2.05) is 27.7 Å². The van der Waals surface area contributed by atoms with Gasteiger partial charge in [-0.3, -0.25) is 9.59 Å². The van der Waals surface area contributed by atoms with Crippen LogP contribution in [0.25, 0.3) is 0 Å². The quantitative estimate of drug-likeness (QED) is 0.423. The molecule has 0 aromatic heterocycles. The third kappa shape index (κ3) is 2.06. The summed E-state index contributed by atoms with van der Waals surface area (Å²) < 4.78 is 0. The molecule has 1 aliphatic carbocycles. The van der Waals surface area contributed by atoms with Crippen molar-refractivity contribution in [1.29, 1.82) is 0 Å². The Balaban J connectivity index is 3.04. The first kappa shape index (κ1) is 10.2. The Labute approximate surface area is 79.0 Å². The molecule has 72 valence electrons. The first-order chi connectivity index (χ1) is 5.83. The molecular weight excluding hydrogens is 164 g/mol. The van der Waals surface area contributed by atoms with Crippen LogP contribution in [0.2, 0.25) is 0 Å². The summed E-state index contributed by atoms with van der Waals surface area (Å²) in [6.07, 6.45) is 0.999. The molecule has 0 aromatic rings. The molecule has 13 heavy (non-hydrogen) atoms. The average Bonchev–Trinajstić information content (AvgIpc) is 1.78. The van der Waals surface area contributed by atoms with Gasteiger partial charge in [-0.1, -0.05) is 19.4 Å². The first-order valence-electron chi connectivity index (χ1n) is 4.57. The Morgan fingerprint density at radius 1 is 1.08 bits per heavy atom. The van der Waals surface area contributed by atoms with E-state index < -0.39 is 0 Å². The van der Waals surface area contributed by atoms with Crippen molar-refractivity contribution >= 4 is 11.6 Å². The number of rotatable bonds is 0. The van der Waals surface area contributed by atoms with E-state index in [1.54, 1.807) is 0 Å². The minimum atomic E-state index is -0.146. The molecule has 1 rings (SSSR count). The van der Waals surface area contributed by atoms with Crippen LogP contribution in [-0.4, -0.2) is 11.6 Å². The minimum Gasteiger partial charge on any atom is -0.294 e. The van der Waals surface area contributed by atoms with E-state index in [0.717, 1.165) is 5.57 Å². The molecule has 0 unspecified atom stereocenters. The van der Waals surface area contributed by atoms with E-state index >= 15 is 0 Å². The van der Waals surface area contributed by atoms with Crippen molar-refractivity contribution in [1.82, 2.24) is 0 Å². The second-order valence-electron chi connectivity index (χ2n) is 4.74. The average molecular weight is 180 g/mol. The van der Waals surface area contributed by atoms with E-state index in [0.29, 0.717) is 18.4 Å². The van der Waals surface area contributed by atoms with Crippen LogP contribution in [0.1, 0.15) is 40.5 Å². The molecule has 0 saturated heterocycles. The largest absolute Gasteiger partial charge is 0.294 e. The van der Waals surface area contributed by atoms with Crippen LogP contribution < -0.4 is 0 Å². The number of hydrogen-bond acceptors (Lipinski definition) is 2. The number of ketones is 2. The zero-order chi connectivity index (χ0) is 10.2. The molecular formula is C11H16O2. The van der Waals surface area contributed by atoms with Crippen molar-refractivity contribution in [3.05, 3.63) is 11.1 Å². The Morgan fingerprint density at radius 2 is 1.46 bits per heavy atom.